The van der Waals surface area contributed by atoms with Gasteiger partial charge in [0.1, 0.15) is 18.0 Å². The minimum Gasteiger partial charge on any atom is -0.497 e. The van der Waals surface area contributed by atoms with Gasteiger partial charge in [0.2, 0.25) is 5.69 Å². The SMILES string of the molecule is CCOC(=O)c1nnn(CC(=O)N2N=C3C(=Cc4ccc(OC)cc4)CCCC3C2c2ccc(OC)cc2)c1C(=O)OCC. The van der Waals surface area contributed by atoms with E-state index in [0.29, 0.717) is 5.75 Å². The topological polar surface area (TPSA) is 134 Å². The number of methoxy groups -OCH3 is 2. The van der Waals surface area contributed by atoms with Crippen molar-refractivity contribution in [1.29, 1.82) is 0 Å². The number of amides is 1. The third kappa shape index (κ3) is 6.19. The highest BCUT2D eigenvalue weighted by molar-refractivity contribution is 6.08. The lowest BCUT2D eigenvalue weighted by Gasteiger charge is -2.29. The van der Waals surface area contributed by atoms with Gasteiger partial charge in [0.05, 0.1) is 39.2 Å². The Balaban J connectivity index is 1.52. The van der Waals surface area contributed by atoms with Crippen molar-refractivity contribution in [3.8, 4) is 11.5 Å². The van der Waals surface area contributed by atoms with Crippen LogP contribution in [0.2, 0.25) is 0 Å². The van der Waals surface area contributed by atoms with Gasteiger partial charge in [-0.1, -0.05) is 29.5 Å². The summed E-state index contributed by atoms with van der Waals surface area (Å²) in [5.74, 6) is -0.673. The maximum atomic E-state index is 14.0. The fourth-order valence-electron chi connectivity index (χ4n) is 5.61. The number of benzene rings is 2. The number of hydrazone groups is 1. The molecule has 2 unspecified atom stereocenters. The molecule has 5 rings (SSSR count). The van der Waals surface area contributed by atoms with Crippen molar-refractivity contribution in [3.63, 3.8) is 0 Å². The van der Waals surface area contributed by atoms with Crippen molar-refractivity contribution in [2.24, 2.45) is 11.0 Å². The highest BCUT2D eigenvalue weighted by atomic mass is 16.5. The summed E-state index contributed by atoms with van der Waals surface area (Å²) < 4.78 is 21.9. The molecule has 0 radical (unpaired) electrons. The van der Waals surface area contributed by atoms with Crippen LogP contribution in [0.15, 0.2) is 59.2 Å². The molecule has 0 spiro atoms. The Bertz CT molecular complexity index is 1580. The van der Waals surface area contributed by atoms with Crippen LogP contribution >= 0.6 is 0 Å². The van der Waals surface area contributed by atoms with Crippen LogP contribution in [0.1, 0.15) is 71.3 Å². The number of carbonyl (C=O) groups is 3. The lowest BCUT2D eigenvalue weighted by Crippen LogP contribution is -2.34. The minimum atomic E-state index is -0.828. The molecule has 3 aromatic rings. The summed E-state index contributed by atoms with van der Waals surface area (Å²) in [7, 11) is 3.23. The zero-order chi connectivity index (χ0) is 31.2. The molecule has 2 aromatic carbocycles. The Kier molecular flexibility index (Phi) is 9.37. The second-order valence-electron chi connectivity index (χ2n) is 10.3. The number of aromatic nitrogens is 3. The summed E-state index contributed by atoms with van der Waals surface area (Å²) in [6.07, 6.45) is 4.69. The highest BCUT2D eigenvalue weighted by Gasteiger charge is 2.44. The third-order valence-corrected chi connectivity index (χ3v) is 7.63. The van der Waals surface area contributed by atoms with Crippen molar-refractivity contribution < 1.29 is 33.3 Å². The molecule has 2 aliphatic rings. The van der Waals surface area contributed by atoms with E-state index in [9.17, 15) is 14.4 Å². The van der Waals surface area contributed by atoms with Gasteiger partial charge in [-0.15, -0.1) is 5.10 Å². The van der Waals surface area contributed by atoms with Gasteiger partial charge in [0.25, 0.3) is 5.91 Å². The summed E-state index contributed by atoms with van der Waals surface area (Å²) in [5.41, 5.74) is 3.24. The number of ether oxygens (including phenoxy) is 4. The van der Waals surface area contributed by atoms with Crippen LogP contribution in [-0.2, 0) is 20.8 Å². The largest absolute Gasteiger partial charge is 0.497 e. The second-order valence-corrected chi connectivity index (χ2v) is 10.3. The number of carbonyl (C=O) groups excluding carboxylic acids is 3. The molecule has 2 heterocycles. The van der Waals surface area contributed by atoms with Crippen LogP contribution in [0.25, 0.3) is 6.08 Å². The van der Waals surface area contributed by atoms with Gasteiger partial charge in [-0.05, 0) is 80.2 Å². The van der Waals surface area contributed by atoms with E-state index in [0.717, 1.165) is 52.1 Å². The maximum Gasteiger partial charge on any atom is 0.361 e. The first kappa shape index (κ1) is 30.5. The number of rotatable bonds is 10. The average Bonchev–Trinajstić information content (AvgIpc) is 3.64. The van der Waals surface area contributed by atoms with Crippen molar-refractivity contribution in [3.05, 3.63) is 76.6 Å². The number of esters is 2. The number of hydrogen-bond donors (Lipinski definition) is 0. The Morgan fingerprint density at radius 3 is 2.18 bits per heavy atom. The molecule has 1 fully saturated rings. The third-order valence-electron chi connectivity index (χ3n) is 7.63. The lowest BCUT2D eigenvalue weighted by atomic mass is 9.77. The van der Waals surface area contributed by atoms with Gasteiger partial charge in [-0.25, -0.2) is 19.3 Å². The molecule has 0 bridgehead atoms. The zero-order valence-corrected chi connectivity index (χ0v) is 25.2. The number of nitrogens with zero attached hydrogens (tertiary/aromatic N) is 5. The van der Waals surface area contributed by atoms with Gasteiger partial charge in [0, 0.05) is 5.92 Å². The minimum absolute atomic E-state index is 0.0547. The van der Waals surface area contributed by atoms with Crippen LogP contribution in [0.5, 0.6) is 11.5 Å². The fourth-order valence-corrected chi connectivity index (χ4v) is 5.61. The van der Waals surface area contributed by atoms with E-state index in [1.807, 2.05) is 48.5 Å². The molecule has 2 atom stereocenters. The van der Waals surface area contributed by atoms with Crippen LogP contribution < -0.4 is 9.47 Å². The molecule has 230 valence electrons. The fraction of sp³-hybridized carbons (Fsp3) is 0.375. The first-order valence-electron chi connectivity index (χ1n) is 14.6. The molecule has 1 aliphatic carbocycles. The van der Waals surface area contributed by atoms with E-state index in [2.05, 4.69) is 16.4 Å². The molecule has 44 heavy (non-hydrogen) atoms. The molecule has 1 amide bonds. The molecule has 12 nitrogen and oxygen atoms in total. The number of hydrogen-bond acceptors (Lipinski definition) is 10. The summed E-state index contributed by atoms with van der Waals surface area (Å²) >= 11 is 0. The monoisotopic (exact) mass is 601 g/mol. The Labute approximate surface area is 255 Å². The van der Waals surface area contributed by atoms with Crippen LogP contribution in [0.4, 0.5) is 0 Å². The normalized spacial score (nSPS) is 18.4. The van der Waals surface area contributed by atoms with Crippen molar-refractivity contribution in [1.82, 2.24) is 20.0 Å². The van der Waals surface area contributed by atoms with E-state index in [1.165, 1.54) is 5.01 Å². The first-order valence-corrected chi connectivity index (χ1v) is 14.6. The second kappa shape index (κ2) is 13.5. The predicted molar refractivity (Wildman–Crippen MR) is 160 cm³/mol. The van der Waals surface area contributed by atoms with Gasteiger partial charge >= 0.3 is 11.9 Å². The Morgan fingerprint density at radius 2 is 1.55 bits per heavy atom. The number of allylic oxidation sites excluding steroid dienone is 1. The van der Waals surface area contributed by atoms with Crippen molar-refractivity contribution in [2.45, 2.75) is 45.7 Å². The van der Waals surface area contributed by atoms with E-state index in [4.69, 9.17) is 24.0 Å². The number of fused-ring (bicyclic) bond motifs is 1. The van der Waals surface area contributed by atoms with E-state index in [-0.39, 0.29) is 30.5 Å². The predicted octanol–water partition coefficient (Wildman–Crippen LogP) is 4.47. The van der Waals surface area contributed by atoms with Crippen LogP contribution in [-0.4, -0.2) is 71.0 Å². The van der Waals surface area contributed by atoms with Crippen LogP contribution in [0.3, 0.4) is 0 Å². The molecular formula is C32H35N5O7. The van der Waals surface area contributed by atoms with E-state index in [1.54, 1.807) is 28.1 Å². The summed E-state index contributed by atoms with van der Waals surface area (Å²) in [6.45, 7) is 3.02. The average molecular weight is 602 g/mol. The van der Waals surface area contributed by atoms with Gasteiger partial charge < -0.3 is 18.9 Å². The molecule has 12 heteroatoms. The molecule has 1 aliphatic heterocycles. The van der Waals surface area contributed by atoms with Crippen LogP contribution in [0, 0.1) is 5.92 Å². The summed E-state index contributed by atoms with van der Waals surface area (Å²) in [5, 5.41) is 14.2. The van der Waals surface area contributed by atoms with Gasteiger partial charge in [-0.2, -0.15) is 5.10 Å². The summed E-state index contributed by atoms with van der Waals surface area (Å²) in [4.78, 5) is 39.4. The quantitative estimate of drug-likeness (QED) is 0.309. The maximum absolute atomic E-state index is 14.0. The van der Waals surface area contributed by atoms with Gasteiger partial charge in [-0.3, -0.25) is 4.79 Å². The first-order chi connectivity index (χ1) is 21.4. The lowest BCUT2D eigenvalue weighted by molar-refractivity contribution is -0.134. The summed E-state index contributed by atoms with van der Waals surface area (Å²) in [6, 6.07) is 15.0. The zero-order valence-electron chi connectivity index (χ0n) is 25.2. The van der Waals surface area contributed by atoms with Crippen molar-refractivity contribution >= 4 is 29.6 Å². The Morgan fingerprint density at radius 1 is 0.909 bits per heavy atom. The standard InChI is InChI=1S/C32H35N5O7/c1-5-43-31(39)28-30(32(40)44-6-2)36(35-33-28)19-26(38)37-29(21-12-16-24(42-4)17-13-21)25-9-7-8-22(27(25)34-37)18-20-10-14-23(41-3)15-11-20/h10-18,25,29H,5-9,19H2,1-4H3. The molecule has 1 saturated carbocycles. The Hall–Kier alpha value is -5.00. The van der Waals surface area contributed by atoms with Crippen molar-refractivity contribution in [2.75, 3.05) is 27.4 Å². The van der Waals surface area contributed by atoms with E-state index >= 15 is 0 Å². The smallest absolute Gasteiger partial charge is 0.361 e. The molecular weight excluding hydrogens is 566 g/mol. The van der Waals surface area contributed by atoms with Gasteiger partial charge in [0.15, 0.2) is 5.69 Å². The van der Waals surface area contributed by atoms with E-state index < -0.39 is 30.4 Å². The highest BCUT2D eigenvalue weighted by Crippen LogP contribution is 2.44. The molecule has 1 aromatic heterocycles. The molecule has 0 saturated heterocycles. The molecule has 0 N–H and O–H groups in total.